The normalized spacial score (nSPS) is 11.0. The molecule has 0 amide bonds. The van der Waals surface area contributed by atoms with E-state index in [0.29, 0.717) is 13.2 Å². The van der Waals surface area contributed by atoms with Gasteiger partial charge in [-0.15, -0.1) is 0 Å². The number of benzene rings is 1. The van der Waals surface area contributed by atoms with E-state index in [1.54, 1.807) is 6.92 Å². The first-order valence-corrected chi connectivity index (χ1v) is 6.88. The van der Waals surface area contributed by atoms with Gasteiger partial charge in [0.2, 0.25) is 0 Å². The fraction of sp³-hybridized carbons (Fsp3) is 0.467. The lowest BCUT2D eigenvalue weighted by molar-refractivity contribution is -0.159. The molecule has 0 aliphatic rings. The first-order chi connectivity index (χ1) is 10.3. The summed E-state index contributed by atoms with van der Waals surface area (Å²) in [6.07, 6.45) is 0.665. The summed E-state index contributed by atoms with van der Waals surface area (Å²) in [7, 11) is 0. The molecule has 0 fully saturated rings. The van der Waals surface area contributed by atoms with E-state index < -0.39 is 11.9 Å². The van der Waals surface area contributed by atoms with E-state index in [2.05, 4.69) is 5.32 Å². The van der Waals surface area contributed by atoms with Crippen molar-refractivity contribution >= 4 is 11.9 Å². The van der Waals surface area contributed by atoms with E-state index in [1.807, 2.05) is 31.2 Å². The molecule has 0 aromatic heterocycles. The number of carbonyl (C=O) groups is 2. The molecule has 0 spiro atoms. The molecule has 7 heteroatoms. The highest BCUT2D eigenvalue weighted by Gasteiger charge is 2.04. The standard InChI is InChI=1S/C13H21NO2.C2H2O4/c1-11-6-3-4-7-13(11)16-9-5-8-14-10-12(2)15;3-1(4)2(5)6/h3-4,6-7,12,14-15H,5,8-10H2,1-2H3;(H,3,4)(H,5,6). The van der Waals surface area contributed by atoms with Gasteiger partial charge in [-0.1, -0.05) is 18.2 Å². The number of aliphatic hydroxyl groups excluding tert-OH is 1. The molecule has 124 valence electrons. The Balaban J connectivity index is 0.000000626. The number of ether oxygens (including phenoxy) is 1. The van der Waals surface area contributed by atoms with E-state index in [9.17, 15) is 0 Å². The molecule has 1 aromatic carbocycles. The molecule has 0 heterocycles. The third-order valence-corrected chi connectivity index (χ3v) is 2.47. The van der Waals surface area contributed by atoms with Crippen LogP contribution in [0.15, 0.2) is 24.3 Å². The maximum Gasteiger partial charge on any atom is 0.414 e. The molecule has 0 aliphatic carbocycles. The topological polar surface area (TPSA) is 116 Å². The summed E-state index contributed by atoms with van der Waals surface area (Å²) >= 11 is 0. The van der Waals surface area contributed by atoms with Crippen LogP contribution in [-0.4, -0.2) is 53.1 Å². The Morgan fingerprint density at radius 1 is 1.23 bits per heavy atom. The molecule has 0 bridgehead atoms. The highest BCUT2D eigenvalue weighted by molar-refractivity contribution is 6.27. The van der Waals surface area contributed by atoms with Crippen molar-refractivity contribution in [2.75, 3.05) is 19.7 Å². The van der Waals surface area contributed by atoms with E-state index in [-0.39, 0.29) is 6.10 Å². The van der Waals surface area contributed by atoms with Crippen LogP contribution in [-0.2, 0) is 9.59 Å². The third-order valence-electron chi connectivity index (χ3n) is 2.47. The quantitative estimate of drug-likeness (QED) is 0.436. The van der Waals surface area contributed by atoms with Gasteiger partial charge in [0.1, 0.15) is 5.75 Å². The Morgan fingerprint density at radius 3 is 2.32 bits per heavy atom. The minimum absolute atomic E-state index is 0.280. The van der Waals surface area contributed by atoms with Gasteiger partial charge in [-0.3, -0.25) is 0 Å². The molecule has 0 aliphatic heterocycles. The van der Waals surface area contributed by atoms with Gasteiger partial charge in [-0.2, -0.15) is 0 Å². The smallest absolute Gasteiger partial charge is 0.414 e. The monoisotopic (exact) mass is 313 g/mol. The summed E-state index contributed by atoms with van der Waals surface area (Å²) in [5.74, 6) is -2.69. The van der Waals surface area contributed by atoms with E-state index in [4.69, 9.17) is 29.6 Å². The Kier molecular flexibility index (Phi) is 10.4. The van der Waals surface area contributed by atoms with Gasteiger partial charge in [0.15, 0.2) is 0 Å². The van der Waals surface area contributed by atoms with Crippen LogP contribution in [0.4, 0.5) is 0 Å². The molecule has 1 unspecified atom stereocenters. The molecule has 0 radical (unpaired) electrons. The summed E-state index contributed by atoms with van der Waals surface area (Å²) in [6.45, 7) is 6.04. The summed E-state index contributed by atoms with van der Waals surface area (Å²) in [5, 5.41) is 27.0. The molecule has 1 rings (SSSR count). The Bertz CT molecular complexity index is 449. The highest BCUT2D eigenvalue weighted by Crippen LogP contribution is 2.15. The van der Waals surface area contributed by atoms with Crippen molar-refractivity contribution in [3.63, 3.8) is 0 Å². The number of hydrogen-bond acceptors (Lipinski definition) is 5. The SMILES string of the molecule is Cc1ccccc1OCCCNCC(C)O.O=C(O)C(=O)O. The van der Waals surface area contributed by atoms with Crippen LogP contribution in [0.5, 0.6) is 5.75 Å². The molecule has 0 saturated carbocycles. The number of carboxylic acids is 2. The number of para-hydroxylation sites is 1. The first-order valence-electron chi connectivity index (χ1n) is 6.88. The lowest BCUT2D eigenvalue weighted by Crippen LogP contribution is -2.26. The number of nitrogens with one attached hydrogen (secondary N) is 1. The van der Waals surface area contributed by atoms with Crippen molar-refractivity contribution in [3.8, 4) is 5.75 Å². The van der Waals surface area contributed by atoms with E-state index in [0.717, 1.165) is 18.7 Å². The number of carboxylic acid groups (broad SMARTS) is 2. The van der Waals surface area contributed by atoms with Crippen molar-refractivity contribution in [2.24, 2.45) is 0 Å². The van der Waals surface area contributed by atoms with E-state index >= 15 is 0 Å². The highest BCUT2D eigenvalue weighted by atomic mass is 16.5. The Hall–Kier alpha value is -2.12. The first kappa shape index (κ1) is 19.9. The van der Waals surface area contributed by atoms with Crippen LogP contribution in [0.2, 0.25) is 0 Å². The Morgan fingerprint density at radius 2 is 1.82 bits per heavy atom. The van der Waals surface area contributed by atoms with Gasteiger partial charge in [-0.25, -0.2) is 9.59 Å². The maximum atomic E-state index is 9.10. The molecule has 1 atom stereocenters. The van der Waals surface area contributed by atoms with Crippen LogP contribution in [0, 0.1) is 6.92 Å². The predicted molar refractivity (Wildman–Crippen MR) is 81.1 cm³/mol. The number of aryl methyl sites for hydroxylation is 1. The zero-order chi connectivity index (χ0) is 17.0. The second-order valence-corrected chi connectivity index (χ2v) is 4.63. The number of hydrogen-bond donors (Lipinski definition) is 4. The molecule has 0 saturated heterocycles. The van der Waals surface area contributed by atoms with Crippen molar-refractivity contribution in [1.29, 1.82) is 0 Å². The zero-order valence-electron chi connectivity index (χ0n) is 12.8. The minimum atomic E-state index is -1.82. The van der Waals surface area contributed by atoms with Gasteiger partial charge in [0.05, 0.1) is 12.7 Å². The Labute approximate surface area is 129 Å². The van der Waals surface area contributed by atoms with Gasteiger partial charge < -0.3 is 25.4 Å². The van der Waals surface area contributed by atoms with Crippen LogP contribution in [0.25, 0.3) is 0 Å². The lowest BCUT2D eigenvalue weighted by atomic mass is 10.2. The fourth-order valence-corrected chi connectivity index (χ4v) is 1.41. The predicted octanol–water partition coefficient (Wildman–Crippen LogP) is 0.890. The number of aliphatic hydroxyl groups is 1. The van der Waals surface area contributed by atoms with Crippen LogP contribution in [0.3, 0.4) is 0 Å². The van der Waals surface area contributed by atoms with Crippen molar-refractivity contribution in [2.45, 2.75) is 26.4 Å². The molecule has 22 heavy (non-hydrogen) atoms. The molecule has 7 nitrogen and oxygen atoms in total. The largest absolute Gasteiger partial charge is 0.493 e. The van der Waals surface area contributed by atoms with Gasteiger partial charge >= 0.3 is 11.9 Å². The van der Waals surface area contributed by atoms with Crippen LogP contribution < -0.4 is 10.1 Å². The second kappa shape index (κ2) is 11.5. The number of aliphatic carboxylic acids is 2. The third kappa shape index (κ3) is 10.6. The summed E-state index contributed by atoms with van der Waals surface area (Å²) in [5.41, 5.74) is 1.17. The maximum absolute atomic E-state index is 9.10. The van der Waals surface area contributed by atoms with Crippen molar-refractivity contribution in [3.05, 3.63) is 29.8 Å². The lowest BCUT2D eigenvalue weighted by Gasteiger charge is -2.09. The van der Waals surface area contributed by atoms with Crippen LogP contribution >= 0.6 is 0 Å². The van der Waals surface area contributed by atoms with E-state index in [1.165, 1.54) is 5.56 Å². The molecular formula is C15H23NO6. The minimum Gasteiger partial charge on any atom is -0.493 e. The van der Waals surface area contributed by atoms with Crippen LogP contribution in [0.1, 0.15) is 18.9 Å². The van der Waals surface area contributed by atoms with Crippen molar-refractivity contribution in [1.82, 2.24) is 5.32 Å². The van der Waals surface area contributed by atoms with Gasteiger partial charge in [-0.05, 0) is 38.4 Å². The summed E-state index contributed by atoms with van der Waals surface area (Å²) in [6, 6.07) is 8.01. The molecule has 4 N–H and O–H groups in total. The summed E-state index contributed by atoms with van der Waals surface area (Å²) < 4.78 is 5.64. The average Bonchev–Trinajstić information content (AvgIpc) is 2.44. The summed E-state index contributed by atoms with van der Waals surface area (Å²) in [4.78, 5) is 18.2. The molecule has 1 aromatic rings. The average molecular weight is 313 g/mol. The number of rotatable bonds is 7. The van der Waals surface area contributed by atoms with Crippen molar-refractivity contribution < 1.29 is 29.6 Å². The van der Waals surface area contributed by atoms with Gasteiger partial charge in [0, 0.05) is 6.54 Å². The second-order valence-electron chi connectivity index (χ2n) is 4.63. The molecular weight excluding hydrogens is 290 g/mol. The fourth-order valence-electron chi connectivity index (χ4n) is 1.41. The van der Waals surface area contributed by atoms with Gasteiger partial charge in [0.25, 0.3) is 0 Å². The zero-order valence-corrected chi connectivity index (χ0v) is 12.8.